The fraction of sp³-hybridized carbons (Fsp3) is 0.333. The lowest BCUT2D eigenvalue weighted by molar-refractivity contribution is 0.505. The second-order valence-corrected chi connectivity index (χ2v) is 4.48. The van der Waals surface area contributed by atoms with Crippen molar-refractivity contribution in [3.63, 3.8) is 0 Å². The Morgan fingerprint density at radius 3 is 2.74 bits per heavy atom. The van der Waals surface area contributed by atoms with E-state index in [1.165, 1.54) is 5.56 Å². The summed E-state index contributed by atoms with van der Waals surface area (Å²) in [5.74, 6) is 0. The van der Waals surface area contributed by atoms with E-state index in [9.17, 15) is 0 Å². The molecule has 98 valence electrons. The van der Waals surface area contributed by atoms with Gasteiger partial charge in [0.25, 0.3) is 0 Å². The minimum atomic E-state index is 0.276. The number of nitrogens with one attached hydrogen (secondary N) is 1. The zero-order valence-corrected chi connectivity index (χ0v) is 11.1. The predicted octanol–water partition coefficient (Wildman–Crippen LogP) is 2.65. The van der Waals surface area contributed by atoms with E-state index >= 15 is 0 Å². The molecule has 0 bridgehead atoms. The average molecular weight is 254 g/mol. The Bertz CT molecular complexity index is 522. The second-order valence-electron chi connectivity index (χ2n) is 4.48. The number of aromatic nitrogens is 2. The van der Waals surface area contributed by atoms with E-state index in [1.807, 2.05) is 10.8 Å². The summed E-state index contributed by atoms with van der Waals surface area (Å²) in [6, 6.07) is 10.8. The van der Waals surface area contributed by atoms with Gasteiger partial charge in [0.15, 0.2) is 0 Å². The van der Waals surface area contributed by atoms with Gasteiger partial charge in [-0.2, -0.15) is 5.26 Å². The van der Waals surface area contributed by atoms with Gasteiger partial charge >= 0.3 is 0 Å². The van der Waals surface area contributed by atoms with E-state index in [2.05, 4.69) is 47.6 Å². The molecule has 0 fully saturated rings. The second kappa shape index (κ2) is 6.72. The summed E-state index contributed by atoms with van der Waals surface area (Å²) in [7, 11) is 0. The molecule has 1 unspecified atom stereocenters. The van der Waals surface area contributed by atoms with E-state index in [4.69, 9.17) is 5.26 Å². The van der Waals surface area contributed by atoms with Crippen LogP contribution in [0.25, 0.3) is 5.69 Å². The van der Waals surface area contributed by atoms with E-state index in [1.54, 1.807) is 12.5 Å². The van der Waals surface area contributed by atoms with Crippen LogP contribution in [-0.2, 0) is 6.54 Å². The molecule has 0 aliphatic carbocycles. The van der Waals surface area contributed by atoms with Crippen molar-refractivity contribution >= 4 is 0 Å². The molecular weight excluding hydrogens is 236 g/mol. The van der Waals surface area contributed by atoms with Crippen LogP contribution >= 0.6 is 0 Å². The zero-order valence-electron chi connectivity index (χ0n) is 11.1. The number of hydrogen-bond acceptors (Lipinski definition) is 3. The SMILES string of the molecule is CCC(CC#N)NCc1ccc(-n2ccnc2)cc1. The van der Waals surface area contributed by atoms with Crippen molar-refractivity contribution in [2.24, 2.45) is 0 Å². The summed E-state index contributed by atoms with van der Waals surface area (Å²) >= 11 is 0. The van der Waals surface area contributed by atoms with Crippen molar-refractivity contribution in [1.29, 1.82) is 5.26 Å². The highest BCUT2D eigenvalue weighted by Crippen LogP contribution is 2.09. The predicted molar refractivity (Wildman–Crippen MR) is 74.7 cm³/mol. The highest BCUT2D eigenvalue weighted by Gasteiger charge is 2.04. The molecule has 0 radical (unpaired) electrons. The van der Waals surface area contributed by atoms with Crippen LogP contribution in [-0.4, -0.2) is 15.6 Å². The fourth-order valence-corrected chi connectivity index (χ4v) is 1.93. The molecular formula is C15H18N4. The van der Waals surface area contributed by atoms with Gasteiger partial charge in [0.2, 0.25) is 0 Å². The minimum Gasteiger partial charge on any atom is -0.309 e. The Kier molecular flexibility index (Phi) is 4.71. The van der Waals surface area contributed by atoms with E-state index < -0.39 is 0 Å². The number of rotatable bonds is 6. The van der Waals surface area contributed by atoms with E-state index in [0.717, 1.165) is 18.7 Å². The van der Waals surface area contributed by atoms with E-state index in [-0.39, 0.29) is 6.04 Å². The van der Waals surface area contributed by atoms with Gasteiger partial charge in [0.05, 0.1) is 18.8 Å². The van der Waals surface area contributed by atoms with Gasteiger partial charge in [-0.1, -0.05) is 19.1 Å². The molecule has 1 atom stereocenters. The van der Waals surface area contributed by atoms with Crippen molar-refractivity contribution in [1.82, 2.24) is 14.9 Å². The first kappa shape index (κ1) is 13.3. The molecule has 2 rings (SSSR count). The average Bonchev–Trinajstić information content (AvgIpc) is 2.98. The molecule has 0 saturated heterocycles. The molecule has 1 heterocycles. The Morgan fingerprint density at radius 2 is 2.16 bits per heavy atom. The van der Waals surface area contributed by atoms with Gasteiger partial charge < -0.3 is 9.88 Å². The third-order valence-electron chi connectivity index (χ3n) is 3.16. The maximum absolute atomic E-state index is 8.71. The highest BCUT2D eigenvalue weighted by molar-refractivity contribution is 5.34. The molecule has 0 saturated carbocycles. The first-order valence-corrected chi connectivity index (χ1v) is 6.51. The molecule has 0 aliphatic heterocycles. The quantitative estimate of drug-likeness (QED) is 0.862. The highest BCUT2D eigenvalue weighted by atomic mass is 15.0. The van der Waals surface area contributed by atoms with Crippen molar-refractivity contribution in [3.05, 3.63) is 48.5 Å². The maximum atomic E-state index is 8.71. The van der Waals surface area contributed by atoms with Crippen LogP contribution in [0.3, 0.4) is 0 Å². The first-order chi connectivity index (χ1) is 9.33. The van der Waals surface area contributed by atoms with Crippen LogP contribution in [0.15, 0.2) is 43.0 Å². The number of imidazole rings is 1. The van der Waals surface area contributed by atoms with Gasteiger partial charge in [0, 0.05) is 30.7 Å². The van der Waals surface area contributed by atoms with Crippen LogP contribution in [0.2, 0.25) is 0 Å². The molecule has 4 heteroatoms. The molecule has 4 nitrogen and oxygen atoms in total. The summed E-state index contributed by atoms with van der Waals surface area (Å²) in [5, 5.41) is 12.1. The lowest BCUT2D eigenvalue weighted by Crippen LogP contribution is -2.27. The van der Waals surface area contributed by atoms with Crippen LogP contribution in [0, 0.1) is 11.3 Å². The molecule has 1 aromatic heterocycles. The maximum Gasteiger partial charge on any atom is 0.0991 e. The molecule has 2 aromatic rings. The Hall–Kier alpha value is -2.12. The number of hydrogen-bond donors (Lipinski definition) is 1. The third kappa shape index (κ3) is 3.67. The number of nitrogens with zero attached hydrogens (tertiary/aromatic N) is 3. The van der Waals surface area contributed by atoms with Crippen molar-refractivity contribution in [2.45, 2.75) is 32.4 Å². The lowest BCUT2D eigenvalue weighted by atomic mass is 10.1. The summed E-state index contributed by atoms with van der Waals surface area (Å²) in [6.07, 6.45) is 7.01. The van der Waals surface area contributed by atoms with Crippen LogP contribution < -0.4 is 5.32 Å². The fourth-order valence-electron chi connectivity index (χ4n) is 1.93. The molecule has 0 amide bonds. The van der Waals surface area contributed by atoms with Gasteiger partial charge in [-0.05, 0) is 24.1 Å². The topological polar surface area (TPSA) is 53.6 Å². The van der Waals surface area contributed by atoms with Crippen LogP contribution in [0.5, 0.6) is 0 Å². The summed E-state index contributed by atoms with van der Waals surface area (Å²) in [6.45, 7) is 2.89. The third-order valence-corrected chi connectivity index (χ3v) is 3.16. The Labute approximate surface area is 113 Å². The van der Waals surface area contributed by atoms with Crippen molar-refractivity contribution < 1.29 is 0 Å². The molecule has 1 aromatic carbocycles. The summed E-state index contributed by atoms with van der Waals surface area (Å²) in [4.78, 5) is 4.03. The number of nitriles is 1. The van der Waals surface area contributed by atoms with Crippen LogP contribution in [0.1, 0.15) is 25.3 Å². The molecule has 19 heavy (non-hydrogen) atoms. The molecule has 0 aliphatic rings. The summed E-state index contributed by atoms with van der Waals surface area (Å²) in [5.41, 5.74) is 2.32. The minimum absolute atomic E-state index is 0.276. The zero-order chi connectivity index (χ0) is 13.5. The largest absolute Gasteiger partial charge is 0.309 e. The van der Waals surface area contributed by atoms with Crippen LogP contribution in [0.4, 0.5) is 0 Å². The Balaban J connectivity index is 1.94. The van der Waals surface area contributed by atoms with Gasteiger partial charge in [-0.15, -0.1) is 0 Å². The smallest absolute Gasteiger partial charge is 0.0991 e. The monoisotopic (exact) mass is 254 g/mol. The first-order valence-electron chi connectivity index (χ1n) is 6.51. The van der Waals surface area contributed by atoms with Gasteiger partial charge in [0.1, 0.15) is 0 Å². The van der Waals surface area contributed by atoms with Crippen molar-refractivity contribution in [3.8, 4) is 11.8 Å². The van der Waals surface area contributed by atoms with Gasteiger partial charge in [-0.3, -0.25) is 0 Å². The number of benzene rings is 1. The Morgan fingerprint density at radius 1 is 1.37 bits per heavy atom. The molecule has 1 N–H and O–H groups in total. The van der Waals surface area contributed by atoms with E-state index in [0.29, 0.717) is 6.42 Å². The van der Waals surface area contributed by atoms with Crippen molar-refractivity contribution in [2.75, 3.05) is 0 Å². The standard InChI is InChI=1S/C15H18N4/c1-2-14(7-8-16)18-11-13-3-5-15(6-4-13)19-10-9-17-12-19/h3-6,9-10,12,14,18H,2,7,11H2,1H3. The summed E-state index contributed by atoms with van der Waals surface area (Å²) < 4.78 is 1.97. The lowest BCUT2D eigenvalue weighted by Gasteiger charge is -2.13. The normalized spacial score (nSPS) is 12.0. The van der Waals surface area contributed by atoms with Gasteiger partial charge in [-0.25, -0.2) is 4.98 Å². The molecule has 0 spiro atoms.